The Bertz CT molecular complexity index is 578. The molecule has 0 spiro atoms. The molecule has 0 bridgehead atoms. The van der Waals surface area contributed by atoms with Gasteiger partial charge in [-0.15, -0.1) is 0 Å². The zero-order chi connectivity index (χ0) is 15.9. The Labute approximate surface area is 133 Å². The Morgan fingerprint density at radius 1 is 1.23 bits per heavy atom. The first-order valence-electron chi connectivity index (χ1n) is 8.00. The van der Waals surface area contributed by atoms with Gasteiger partial charge in [-0.2, -0.15) is 5.10 Å². The van der Waals surface area contributed by atoms with E-state index < -0.39 is 0 Å². The van der Waals surface area contributed by atoms with Gasteiger partial charge < -0.3 is 10.4 Å². The number of aromatic nitrogens is 2. The molecule has 0 aliphatic heterocycles. The van der Waals surface area contributed by atoms with E-state index in [2.05, 4.69) is 60.1 Å². The molecule has 2 aromatic rings. The first kappa shape index (κ1) is 16.7. The Morgan fingerprint density at radius 2 is 1.95 bits per heavy atom. The Kier molecular flexibility index (Phi) is 6.16. The molecule has 0 saturated carbocycles. The topological polar surface area (TPSA) is 50.1 Å². The Hall–Kier alpha value is -1.65. The number of hydrogen-bond donors (Lipinski definition) is 2. The lowest BCUT2D eigenvalue weighted by Crippen LogP contribution is -2.22. The minimum Gasteiger partial charge on any atom is -0.396 e. The number of nitrogens with one attached hydrogen (secondary N) is 1. The fraction of sp³-hybridized carbons (Fsp3) is 0.500. The highest BCUT2D eigenvalue weighted by molar-refractivity contribution is 5.25. The van der Waals surface area contributed by atoms with E-state index in [9.17, 15) is 0 Å². The van der Waals surface area contributed by atoms with Crippen LogP contribution in [-0.2, 0) is 13.1 Å². The molecule has 0 aliphatic carbocycles. The SMILES string of the molecule is Cc1nn(Cc2ccccc2)c(C)c1CNCC(C)CCO. The average molecular weight is 301 g/mol. The van der Waals surface area contributed by atoms with Crippen molar-refractivity contribution in [3.8, 4) is 0 Å². The minimum atomic E-state index is 0.260. The normalized spacial score (nSPS) is 12.5. The first-order chi connectivity index (χ1) is 10.6. The maximum absolute atomic E-state index is 8.94. The van der Waals surface area contributed by atoms with Crippen LogP contribution in [0.15, 0.2) is 30.3 Å². The zero-order valence-electron chi connectivity index (χ0n) is 13.8. The molecule has 0 amide bonds. The van der Waals surface area contributed by atoms with Crippen molar-refractivity contribution in [3.05, 3.63) is 52.8 Å². The molecule has 1 unspecified atom stereocenters. The summed E-state index contributed by atoms with van der Waals surface area (Å²) in [6.45, 7) is 9.19. The van der Waals surface area contributed by atoms with Crippen molar-refractivity contribution < 1.29 is 5.11 Å². The molecule has 1 aromatic carbocycles. The monoisotopic (exact) mass is 301 g/mol. The van der Waals surface area contributed by atoms with Crippen LogP contribution in [-0.4, -0.2) is 28.0 Å². The molecule has 1 aromatic heterocycles. The summed E-state index contributed by atoms with van der Waals surface area (Å²) in [6, 6.07) is 10.4. The van der Waals surface area contributed by atoms with Gasteiger partial charge in [0.15, 0.2) is 0 Å². The molecule has 1 atom stereocenters. The fourth-order valence-electron chi connectivity index (χ4n) is 2.67. The largest absolute Gasteiger partial charge is 0.396 e. The summed E-state index contributed by atoms with van der Waals surface area (Å²) in [5, 5.41) is 17.1. The van der Waals surface area contributed by atoms with E-state index in [0.717, 1.165) is 31.7 Å². The molecule has 2 N–H and O–H groups in total. The van der Waals surface area contributed by atoms with Gasteiger partial charge in [0, 0.05) is 24.4 Å². The number of aryl methyl sites for hydroxylation is 1. The van der Waals surface area contributed by atoms with Gasteiger partial charge >= 0.3 is 0 Å². The lowest BCUT2D eigenvalue weighted by atomic mass is 10.1. The number of nitrogens with zero attached hydrogens (tertiary/aromatic N) is 2. The smallest absolute Gasteiger partial charge is 0.0662 e. The maximum Gasteiger partial charge on any atom is 0.0662 e. The molecule has 0 radical (unpaired) electrons. The van der Waals surface area contributed by atoms with Gasteiger partial charge in [0.2, 0.25) is 0 Å². The predicted molar refractivity (Wildman–Crippen MR) is 89.8 cm³/mol. The third kappa shape index (κ3) is 4.42. The fourth-order valence-corrected chi connectivity index (χ4v) is 2.67. The van der Waals surface area contributed by atoms with E-state index in [0.29, 0.717) is 5.92 Å². The summed E-state index contributed by atoms with van der Waals surface area (Å²) in [7, 11) is 0. The van der Waals surface area contributed by atoms with Gasteiger partial charge in [-0.1, -0.05) is 37.3 Å². The molecule has 120 valence electrons. The highest BCUT2D eigenvalue weighted by Crippen LogP contribution is 2.15. The van der Waals surface area contributed by atoms with E-state index in [4.69, 9.17) is 5.11 Å². The van der Waals surface area contributed by atoms with Crippen LogP contribution in [0.1, 0.15) is 35.9 Å². The van der Waals surface area contributed by atoms with Crippen molar-refractivity contribution >= 4 is 0 Å². The molecule has 0 fully saturated rings. The van der Waals surface area contributed by atoms with E-state index in [1.807, 2.05) is 6.07 Å². The quantitative estimate of drug-likeness (QED) is 0.788. The molecular formula is C18H27N3O. The van der Waals surface area contributed by atoms with Crippen LogP contribution in [0.25, 0.3) is 0 Å². The number of aliphatic hydroxyl groups is 1. The summed E-state index contributed by atoms with van der Waals surface area (Å²) in [5.74, 6) is 0.491. The van der Waals surface area contributed by atoms with Gasteiger partial charge in [0.25, 0.3) is 0 Å². The minimum absolute atomic E-state index is 0.260. The standard InChI is InChI=1S/C18H27N3O/c1-14(9-10-22)11-19-12-18-15(2)20-21(16(18)3)13-17-7-5-4-6-8-17/h4-8,14,19,22H,9-13H2,1-3H3. The van der Waals surface area contributed by atoms with Crippen molar-refractivity contribution in [2.75, 3.05) is 13.2 Å². The summed E-state index contributed by atoms with van der Waals surface area (Å²) in [4.78, 5) is 0. The summed E-state index contributed by atoms with van der Waals surface area (Å²) in [5.41, 5.74) is 4.87. The number of rotatable bonds is 8. The van der Waals surface area contributed by atoms with Crippen LogP contribution in [0.4, 0.5) is 0 Å². The van der Waals surface area contributed by atoms with E-state index in [1.54, 1.807) is 0 Å². The lowest BCUT2D eigenvalue weighted by Gasteiger charge is -2.11. The predicted octanol–water partition coefficient (Wildman–Crippen LogP) is 2.66. The number of hydrogen-bond acceptors (Lipinski definition) is 3. The number of benzene rings is 1. The van der Waals surface area contributed by atoms with Crippen molar-refractivity contribution in [1.82, 2.24) is 15.1 Å². The molecule has 2 rings (SSSR count). The van der Waals surface area contributed by atoms with E-state index >= 15 is 0 Å². The van der Waals surface area contributed by atoms with Gasteiger partial charge in [-0.25, -0.2) is 0 Å². The second-order valence-corrected chi connectivity index (χ2v) is 6.04. The van der Waals surface area contributed by atoms with Gasteiger partial charge in [0.1, 0.15) is 0 Å². The van der Waals surface area contributed by atoms with Crippen LogP contribution < -0.4 is 5.32 Å². The van der Waals surface area contributed by atoms with Crippen molar-refractivity contribution in [3.63, 3.8) is 0 Å². The molecule has 4 nitrogen and oxygen atoms in total. The van der Waals surface area contributed by atoms with Crippen molar-refractivity contribution in [2.45, 2.75) is 40.3 Å². The van der Waals surface area contributed by atoms with Crippen LogP contribution in [0.5, 0.6) is 0 Å². The lowest BCUT2D eigenvalue weighted by molar-refractivity contribution is 0.260. The molecule has 0 aliphatic rings. The van der Waals surface area contributed by atoms with E-state index in [1.165, 1.54) is 16.8 Å². The molecule has 22 heavy (non-hydrogen) atoms. The van der Waals surface area contributed by atoms with Gasteiger partial charge in [0.05, 0.1) is 12.2 Å². The third-order valence-corrected chi connectivity index (χ3v) is 4.12. The van der Waals surface area contributed by atoms with Crippen LogP contribution >= 0.6 is 0 Å². The number of aliphatic hydroxyl groups excluding tert-OH is 1. The second-order valence-electron chi connectivity index (χ2n) is 6.04. The van der Waals surface area contributed by atoms with Crippen molar-refractivity contribution in [1.29, 1.82) is 0 Å². The highest BCUT2D eigenvalue weighted by atomic mass is 16.3. The summed E-state index contributed by atoms with van der Waals surface area (Å²) < 4.78 is 2.08. The van der Waals surface area contributed by atoms with Gasteiger partial charge in [-0.3, -0.25) is 4.68 Å². The average Bonchev–Trinajstić information content (AvgIpc) is 2.76. The van der Waals surface area contributed by atoms with Crippen LogP contribution in [0, 0.1) is 19.8 Å². The Morgan fingerprint density at radius 3 is 2.64 bits per heavy atom. The Balaban J connectivity index is 1.98. The molecule has 0 saturated heterocycles. The maximum atomic E-state index is 8.94. The van der Waals surface area contributed by atoms with Crippen LogP contribution in [0.3, 0.4) is 0 Å². The highest BCUT2D eigenvalue weighted by Gasteiger charge is 2.12. The second kappa shape index (κ2) is 8.11. The summed E-state index contributed by atoms with van der Waals surface area (Å²) >= 11 is 0. The molecular weight excluding hydrogens is 274 g/mol. The zero-order valence-corrected chi connectivity index (χ0v) is 13.8. The van der Waals surface area contributed by atoms with E-state index in [-0.39, 0.29) is 6.61 Å². The van der Waals surface area contributed by atoms with Crippen LogP contribution in [0.2, 0.25) is 0 Å². The van der Waals surface area contributed by atoms with Gasteiger partial charge in [-0.05, 0) is 38.3 Å². The summed E-state index contributed by atoms with van der Waals surface area (Å²) in [6.07, 6.45) is 0.845. The third-order valence-electron chi connectivity index (χ3n) is 4.12. The molecule has 4 heteroatoms. The first-order valence-corrected chi connectivity index (χ1v) is 8.00. The molecule has 1 heterocycles. The van der Waals surface area contributed by atoms with Crippen molar-refractivity contribution in [2.24, 2.45) is 5.92 Å².